The molecule has 4 heteroatoms. The maximum absolute atomic E-state index is 10.0. The summed E-state index contributed by atoms with van der Waals surface area (Å²) in [5.41, 5.74) is 1.74. The van der Waals surface area contributed by atoms with Crippen molar-refractivity contribution in [3.8, 4) is 0 Å². The van der Waals surface area contributed by atoms with Crippen molar-refractivity contribution in [1.29, 1.82) is 0 Å². The topological polar surface area (TPSA) is 47.3 Å². The van der Waals surface area contributed by atoms with Gasteiger partial charge in [0.15, 0.2) is 0 Å². The zero-order chi connectivity index (χ0) is 9.97. The Morgan fingerprint density at radius 3 is 3.07 bits per heavy atom. The van der Waals surface area contributed by atoms with E-state index in [-0.39, 0.29) is 0 Å². The molecular formula is C10H14N2O2. The van der Waals surface area contributed by atoms with E-state index in [0.717, 1.165) is 30.7 Å². The highest BCUT2D eigenvalue weighted by molar-refractivity contribution is 5.18. The van der Waals surface area contributed by atoms with Crippen molar-refractivity contribution in [2.75, 3.05) is 6.61 Å². The summed E-state index contributed by atoms with van der Waals surface area (Å²) in [4.78, 5) is 3.97. The fourth-order valence-corrected chi connectivity index (χ4v) is 1.61. The molecule has 0 spiro atoms. The van der Waals surface area contributed by atoms with Crippen LogP contribution in [0.25, 0.3) is 0 Å². The number of aryl methyl sites for hydroxylation is 1. The molecule has 0 aromatic carbocycles. The molecular weight excluding hydrogens is 180 g/mol. The highest BCUT2D eigenvalue weighted by atomic mass is 16.5. The summed E-state index contributed by atoms with van der Waals surface area (Å²) < 4.78 is 7.01. The Morgan fingerprint density at radius 1 is 1.64 bits per heavy atom. The Kier molecular flexibility index (Phi) is 2.54. The van der Waals surface area contributed by atoms with Crippen molar-refractivity contribution in [3.05, 3.63) is 30.1 Å². The monoisotopic (exact) mass is 194 g/mol. The van der Waals surface area contributed by atoms with Gasteiger partial charge >= 0.3 is 0 Å². The van der Waals surface area contributed by atoms with E-state index in [2.05, 4.69) is 4.98 Å². The van der Waals surface area contributed by atoms with Crippen LogP contribution in [0.1, 0.15) is 24.6 Å². The van der Waals surface area contributed by atoms with Crippen LogP contribution in [0.2, 0.25) is 0 Å². The molecule has 0 saturated heterocycles. The van der Waals surface area contributed by atoms with Gasteiger partial charge in [0.25, 0.3) is 0 Å². The number of aliphatic hydroxyl groups is 1. The smallest absolute Gasteiger partial charge is 0.120 e. The number of ether oxygens (including phenoxy) is 1. The lowest BCUT2D eigenvalue weighted by molar-refractivity contribution is 0.165. The summed E-state index contributed by atoms with van der Waals surface area (Å²) in [6.45, 7) is 0.752. The maximum atomic E-state index is 10.0. The molecule has 1 aliphatic heterocycles. The van der Waals surface area contributed by atoms with E-state index < -0.39 is 6.10 Å². The molecule has 1 N–H and O–H groups in total. The SMILES string of the molecule is Cn1cncc1C(O)C1=COCCC1. The fraction of sp³-hybridized carbons (Fsp3) is 0.500. The average molecular weight is 194 g/mol. The average Bonchev–Trinajstić information content (AvgIpc) is 2.65. The van der Waals surface area contributed by atoms with Gasteiger partial charge in [-0.1, -0.05) is 0 Å². The van der Waals surface area contributed by atoms with Gasteiger partial charge in [-0.2, -0.15) is 0 Å². The second kappa shape index (κ2) is 3.84. The molecule has 1 aromatic heterocycles. The molecule has 2 rings (SSSR count). The van der Waals surface area contributed by atoms with Gasteiger partial charge in [0.2, 0.25) is 0 Å². The summed E-state index contributed by atoms with van der Waals surface area (Å²) in [6.07, 6.45) is 6.32. The van der Waals surface area contributed by atoms with Gasteiger partial charge in [0, 0.05) is 7.05 Å². The van der Waals surface area contributed by atoms with Crippen molar-refractivity contribution in [3.63, 3.8) is 0 Å². The lowest BCUT2D eigenvalue weighted by Gasteiger charge is -2.18. The van der Waals surface area contributed by atoms with Crippen LogP contribution in [0.4, 0.5) is 0 Å². The predicted octanol–water partition coefficient (Wildman–Crippen LogP) is 1.15. The number of aromatic nitrogens is 2. The molecule has 0 radical (unpaired) electrons. The van der Waals surface area contributed by atoms with Crippen molar-refractivity contribution >= 4 is 0 Å². The second-order valence-electron chi connectivity index (χ2n) is 3.50. The molecule has 14 heavy (non-hydrogen) atoms. The summed E-state index contributed by atoms with van der Waals surface area (Å²) >= 11 is 0. The molecule has 0 amide bonds. The summed E-state index contributed by atoms with van der Waals surface area (Å²) in [5, 5.41) is 10.0. The number of hydrogen-bond donors (Lipinski definition) is 1. The molecule has 0 bridgehead atoms. The number of rotatable bonds is 2. The van der Waals surface area contributed by atoms with Crippen molar-refractivity contribution < 1.29 is 9.84 Å². The van der Waals surface area contributed by atoms with Gasteiger partial charge in [0.05, 0.1) is 31.1 Å². The minimum absolute atomic E-state index is 0.581. The number of aliphatic hydroxyl groups excluding tert-OH is 1. The highest BCUT2D eigenvalue weighted by Gasteiger charge is 2.18. The molecule has 0 saturated carbocycles. The maximum Gasteiger partial charge on any atom is 0.120 e. The third-order valence-electron chi connectivity index (χ3n) is 2.45. The molecule has 2 heterocycles. The van der Waals surface area contributed by atoms with Gasteiger partial charge in [-0.3, -0.25) is 0 Å². The third kappa shape index (κ3) is 1.65. The van der Waals surface area contributed by atoms with Gasteiger partial charge in [-0.05, 0) is 18.4 Å². The largest absolute Gasteiger partial charge is 0.501 e. The van der Waals surface area contributed by atoms with Crippen LogP contribution in [0.15, 0.2) is 24.4 Å². The Morgan fingerprint density at radius 2 is 2.50 bits per heavy atom. The first-order chi connectivity index (χ1) is 6.79. The molecule has 1 aromatic rings. The first-order valence-electron chi connectivity index (χ1n) is 4.74. The van der Waals surface area contributed by atoms with E-state index in [9.17, 15) is 5.11 Å². The van der Waals surface area contributed by atoms with E-state index in [1.54, 1.807) is 18.8 Å². The van der Waals surface area contributed by atoms with E-state index in [0.29, 0.717) is 0 Å². The van der Waals surface area contributed by atoms with Crippen LogP contribution in [0.3, 0.4) is 0 Å². The van der Waals surface area contributed by atoms with Crippen LogP contribution >= 0.6 is 0 Å². The fourth-order valence-electron chi connectivity index (χ4n) is 1.61. The lowest BCUT2D eigenvalue weighted by Crippen LogP contribution is -2.10. The van der Waals surface area contributed by atoms with E-state index in [1.165, 1.54) is 0 Å². The zero-order valence-electron chi connectivity index (χ0n) is 8.18. The van der Waals surface area contributed by atoms with Crippen molar-refractivity contribution in [2.24, 2.45) is 7.05 Å². The Bertz CT molecular complexity index is 344. The highest BCUT2D eigenvalue weighted by Crippen LogP contribution is 2.26. The molecule has 1 atom stereocenters. The minimum atomic E-state index is -0.581. The number of hydrogen-bond acceptors (Lipinski definition) is 3. The molecule has 76 valence electrons. The molecule has 1 unspecified atom stereocenters. The van der Waals surface area contributed by atoms with Crippen molar-refractivity contribution in [2.45, 2.75) is 18.9 Å². The van der Waals surface area contributed by atoms with Gasteiger partial charge < -0.3 is 14.4 Å². The van der Waals surface area contributed by atoms with E-state index >= 15 is 0 Å². The second-order valence-corrected chi connectivity index (χ2v) is 3.50. The number of nitrogens with zero attached hydrogens (tertiary/aromatic N) is 2. The molecule has 4 nitrogen and oxygen atoms in total. The first-order valence-corrected chi connectivity index (χ1v) is 4.74. The minimum Gasteiger partial charge on any atom is -0.501 e. The molecule has 1 aliphatic rings. The Balaban J connectivity index is 2.19. The lowest BCUT2D eigenvalue weighted by atomic mass is 10.0. The van der Waals surface area contributed by atoms with Gasteiger partial charge in [-0.15, -0.1) is 0 Å². The quantitative estimate of drug-likeness (QED) is 0.768. The summed E-state index contributed by atoms with van der Waals surface area (Å²) in [6, 6.07) is 0. The third-order valence-corrected chi connectivity index (χ3v) is 2.45. The summed E-state index contributed by atoms with van der Waals surface area (Å²) in [7, 11) is 1.87. The first kappa shape index (κ1) is 9.27. The predicted molar refractivity (Wildman–Crippen MR) is 51.4 cm³/mol. The Labute approximate surface area is 82.8 Å². The number of imidazole rings is 1. The molecule has 0 fully saturated rings. The zero-order valence-corrected chi connectivity index (χ0v) is 8.18. The normalized spacial score (nSPS) is 18.6. The van der Waals surface area contributed by atoms with E-state index in [4.69, 9.17) is 4.74 Å². The van der Waals surface area contributed by atoms with Crippen molar-refractivity contribution in [1.82, 2.24) is 9.55 Å². The van der Waals surface area contributed by atoms with Crippen LogP contribution in [0.5, 0.6) is 0 Å². The van der Waals surface area contributed by atoms with Crippen LogP contribution in [-0.4, -0.2) is 21.3 Å². The van der Waals surface area contributed by atoms with E-state index in [1.807, 2.05) is 11.6 Å². The van der Waals surface area contributed by atoms with Gasteiger partial charge in [0.1, 0.15) is 6.10 Å². The standard InChI is InChI=1S/C10H14N2O2/c1-12-7-11-5-9(12)10(13)8-3-2-4-14-6-8/h5-7,10,13H,2-4H2,1H3. The Hall–Kier alpha value is -1.29. The van der Waals surface area contributed by atoms with Crippen LogP contribution < -0.4 is 0 Å². The molecule has 0 aliphatic carbocycles. The summed E-state index contributed by atoms with van der Waals surface area (Å²) in [5.74, 6) is 0. The van der Waals surface area contributed by atoms with Crippen LogP contribution in [0, 0.1) is 0 Å². The van der Waals surface area contributed by atoms with Gasteiger partial charge in [-0.25, -0.2) is 4.98 Å². The van der Waals surface area contributed by atoms with Crippen LogP contribution in [-0.2, 0) is 11.8 Å².